The summed E-state index contributed by atoms with van der Waals surface area (Å²) in [5.41, 5.74) is 0.430. The van der Waals surface area contributed by atoms with Crippen molar-refractivity contribution in [2.24, 2.45) is 5.16 Å². The van der Waals surface area contributed by atoms with Crippen molar-refractivity contribution >= 4 is 28.1 Å². The molecule has 1 N–H and O–H groups in total. The first-order chi connectivity index (χ1) is 13.6. The number of nitrogens with zero attached hydrogens (tertiary/aromatic N) is 3. The van der Waals surface area contributed by atoms with Gasteiger partial charge in [-0.3, -0.25) is 10.1 Å². The van der Waals surface area contributed by atoms with Crippen molar-refractivity contribution in [2.45, 2.75) is 57.0 Å². The van der Waals surface area contributed by atoms with Gasteiger partial charge in [0.05, 0.1) is 12.8 Å². The van der Waals surface area contributed by atoms with Gasteiger partial charge in [0.1, 0.15) is 10.8 Å². The van der Waals surface area contributed by atoms with Gasteiger partial charge in [-0.2, -0.15) is 0 Å². The van der Waals surface area contributed by atoms with Gasteiger partial charge in [0.25, 0.3) is 5.91 Å². The number of methoxy groups -OCH3 is 1. The fourth-order valence-corrected chi connectivity index (χ4v) is 4.63. The predicted molar refractivity (Wildman–Crippen MR) is 108 cm³/mol. The maximum Gasteiger partial charge on any atom is 0.273 e. The molecule has 4 rings (SSSR count). The Kier molecular flexibility index (Phi) is 5.30. The molecule has 1 aliphatic heterocycles. The molecule has 2 aliphatic rings. The van der Waals surface area contributed by atoms with Crippen LogP contribution in [0, 0.1) is 0 Å². The molecular weight excluding hydrogens is 376 g/mol. The maximum atomic E-state index is 12.9. The molecule has 1 fully saturated rings. The van der Waals surface area contributed by atoms with Crippen LogP contribution in [0.4, 0.5) is 5.13 Å². The Balaban J connectivity index is 1.42. The third-order valence-corrected chi connectivity index (χ3v) is 6.38. The second-order valence-electron chi connectivity index (χ2n) is 7.47. The van der Waals surface area contributed by atoms with Gasteiger partial charge in [0.15, 0.2) is 0 Å². The molecule has 0 unspecified atom stereocenters. The van der Waals surface area contributed by atoms with E-state index >= 15 is 0 Å². The van der Waals surface area contributed by atoms with Crippen molar-refractivity contribution < 1.29 is 14.4 Å². The van der Waals surface area contributed by atoms with Crippen LogP contribution in [0.25, 0.3) is 0 Å². The van der Waals surface area contributed by atoms with Gasteiger partial charge in [-0.1, -0.05) is 47.9 Å². The molecule has 1 amide bonds. The third kappa shape index (κ3) is 3.73. The van der Waals surface area contributed by atoms with Crippen LogP contribution in [-0.4, -0.2) is 34.5 Å². The Bertz CT molecular complexity index is 891. The van der Waals surface area contributed by atoms with Crippen LogP contribution >= 0.6 is 11.3 Å². The van der Waals surface area contributed by atoms with E-state index in [2.05, 4.69) is 20.7 Å². The Morgan fingerprint density at radius 1 is 1.25 bits per heavy atom. The Hall–Kier alpha value is -2.48. The third-order valence-electron chi connectivity index (χ3n) is 5.38. The minimum atomic E-state index is -1.09. The first-order valence-electron chi connectivity index (χ1n) is 9.62. The van der Waals surface area contributed by atoms with E-state index in [0.29, 0.717) is 28.9 Å². The first kappa shape index (κ1) is 18.9. The number of carbonyl (C=O) groups is 1. The average Bonchev–Trinajstić information content (AvgIpc) is 3.36. The fraction of sp³-hybridized carbons (Fsp3) is 0.500. The highest BCUT2D eigenvalue weighted by molar-refractivity contribution is 7.15. The van der Waals surface area contributed by atoms with Gasteiger partial charge in [-0.25, -0.2) is 0 Å². The number of hydrogen-bond donors (Lipinski definition) is 1. The van der Waals surface area contributed by atoms with E-state index in [-0.39, 0.29) is 5.91 Å². The number of para-hydroxylation sites is 1. The summed E-state index contributed by atoms with van der Waals surface area (Å²) in [6, 6.07) is 7.57. The summed E-state index contributed by atoms with van der Waals surface area (Å²) in [6.45, 7) is 1.73. The molecule has 2 aromatic rings. The molecule has 1 aliphatic carbocycles. The van der Waals surface area contributed by atoms with Gasteiger partial charge in [0, 0.05) is 17.9 Å². The normalized spacial score (nSPS) is 22.4. The van der Waals surface area contributed by atoms with Crippen LogP contribution in [0.3, 0.4) is 0 Å². The number of anilines is 1. The lowest BCUT2D eigenvalue weighted by molar-refractivity contribution is -0.135. The lowest BCUT2D eigenvalue weighted by Gasteiger charge is -2.19. The molecule has 148 valence electrons. The Morgan fingerprint density at radius 2 is 2.04 bits per heavy atom. The summed E-state index contributed by atoms with van der Waals surface area (Å²) >= 11 is 1.46. The van der Waals surface area contributed by atoms with E-state index in [4.69, 9.17) is 9.57 Å². The minimum absolute atomic E-state index is 0.271. The zero-order valence-corrected chi connectivity index (χ0v) is 16.9. The number of rotatable bonds is 5. The lowest BCUT2D eigenvalue weighted by atomic mass is 9.90. The molecule has 7 nitrogen and oxygen atoms in total. The number of carbonyl (C=O) groups excluding carboxylic acids is 1. The Morgan fingerprint density at radius 3 is 2.82 bits per heavy atom. The van der Waals surface area contributed by atoms with E-state index in [1.165, 1.54) is 30.6 Å². The SMILES string of the molecule is COc1ccccc1C1=NO[C@](C)(C(=O)Nc2nnc(C3CCCCC3)s2)C1. The number of amides is 1. The quantitative estimate of drug-likeness (QED) is 0.816. The maximum absolute atomic E-state index is 12.9. The number of ether oxygens (including phenoxy) is 1. The first-order valence-corrected chi connectivity index (χ1v) is 10.4. The summed E-state index contributed by atoms with van der Waals surface area (Å²) in [5, 5.41) is 17.0. The molecule has 2 heterocycles. The van der Waals surface area contributed by atoms with Crippen molar-refractivity contribution in [1.82, 2.24) is 10.2 Å². The monoisotopic (exact) mass is 400 g/mol. The second kappa shape index (κ2) is 7.87. The minimum Gasteiger partial charge on any atom is -0.496 e. The summed E-state index contributed by atoms with van der Waals surface area (Å²) in [6.07, 6.45) is 6.43. The molecule has 1 aromatic carbocycles. The second-order valence-corrected chi connectivity index (χ2v) is 8.48. The number of aromatic nitrogens is 2. The van der Waals surface area contributed by atoms with Crippen molar-refractivity contribution in [1.29, 1.82) is 0 Å². The molecule has 0 radical (unpaired) electrons. The van der Waals surface area contributed by atoms with Gasteiger partial charge in [-0.05, 0) is 31.9 Å². The smallest absolute Gasteiger partial charge is 0.273 e. The molecular formula is C20H24N4O3S. The summed E-state index contributed by atoms with van der Waals surface area (Å²) in [5.74, 6) is 0.902. The van der Waals surface area contributed by atoms with E-state index in [1.54, 1.807) is 14.0 Å². The van der Waals surface area contributed by atoms with Gasteiger partial charge in [0.2, 0.25) is 10.7 Å². The molecule has 0 bridgehead atoms. The van der Waals surface area contributed by atoms with Crippen molar-refractivity contribution in [3.05, 3.63) is 34.8 Å². The fourth-order valence-electron chi connectivity index (χ4n) is 3.72. The van der Waals surface area contributed by atoms with Crippen LogP contribution in [-0.2, 0) is 9.63 Å². The summed E-state index contributed by atoms with van der Waals surface area (Å²) in [7, 11) is 1.61. The van der Waals surface area contributed by atoms with Gasteiger partial charge < -0.3 is 9.57 Å². The zero-order chi connectivity index (χ0) is 19.6. The topological polar surface area (TPSA) is 85.7 Å². The highest BCUT2D eigenvalue weighted by Gasteiger charge is 2.43. The van der Waals surface area contributed by atoms with Crippen molar-refractivity contribution in [2.75, 3.05) is 12.4 Å². The van der Waals surface area contributed by atoms with E-state index in [9.17, 15) is 4.79 Å². The van der Waals surface area contributed by atoms with E-state index in [1.807, 2.05) is 24.3 Å². The molecule has 0 saturated heterocycles. The number of nitrogens with one attached hydrogen (secondary N) is 1. The highest BCUT2D eigenvalue weighted by Crippen LogP contribution is 2.36. The van der Waals surface area contributed by atoms with Crippen LogP contribution < -0.4 is 10.1 Å². The average molecular weight is 401 g/mol. The van der Waals surface area contributed by atoms with E-state index < -0.39 is 5.60 Å². The van der Waals surface area contributed by atoms with Crippen LogP contribution in [0.5, 0.6) is 5.75 Å². The van der Waals surface area contributed by atoms with Crippen LogP contribution in [0.1, 0.15) is 61.9 Å². The molecule has 28 heavy (non-hydrogen) atoms. The Labute approximate surface area is 168 Å². The molecule has 1 aromatic heterocycles. The van der Waals surface area contributed by atoms with Crippen LogP contribution in [0.15, 0.2) is 29.4 Å². The zero-order valence-electron chi connectivity index (χ0n) is 16.1. The number of oxime groups is 1. The standard InChI is InChI=1S/C20H24N4O3S/c1-20(12-15(24-27-20)14-10-6-7-11-16(14)26-2)18(25)21-19-23-22-17(28-19)13-8-4-3-5-9-13/h6-7,10-11,13H,3-5,8-9,12H2,1-2H3,(H,21,23,25)/t20-/m0/s1. The van der Waals surface area contributed by atoms with Crippen molar-refractivity contribution in [3.63, 3.8) is 0 Å². The number of benzene rings is 1. The van der Waals surface area contributed by atoms with Gasteiger partial charge in [-0.15, -0.1) is 10.2 Å². The molecule has 1 atom stereocenters. The lowest BCUT2D eigenvalue weighted by Crippen LogP contribution is -2.40. The van der Waals surface area contributed by atoms with Gasteiger partial charge >= 0.3 is 0 Å². The van der Waals surface area contributed by atoms with Crippen LogP contribution in [0.2, 0.25) is 0 Å². The molecule has 0 spiro atoms. The van der Waals surface area contributed by atoms with Crippen molar-refractivity contribution in [3.8, 4) is 5.75 Å². The molecule has 1 saturated carbocycles. The predicted octanol–water partition coefficient (Wildman–Crippen LogP) is 4.12. The number of hydrogen-bond acceptors (Lipinski definition) is 7. The largest absolute Gasteiger partial charge is 0.496 e. The van der Waals surface area contributed by atoms with E-state index in [0.717, 1.165) is 23.4 Å². The molecule has 8 heteroatoms. The summed E-state index contributed by atoms with van der Waals surface area (Å²) < 4.78 is 5.39. The summed E-state index contributed by atoms with van der Waals surface area (Å²) in [4.78, 5) is 18.4. The highest BCUT2D eigenvalue weighted by atomic mass is 32.1.